The molecule has 0 aliphatic heterocycles. The molecule has 0 heterocycles. The second-order valence-electron chi connectivity index (χ2n) is 5.61. The van der Waals surface area contributed by atoms with Gasteiger partial charge in [0, 0.05) is 30.8 Å². The second-order valence-corrected chi connectivity index (χ2v) is 7.31. The number of benzene rings is 4. The van der Waals surface area contributed by atoms with Gasteiger partial charge in [-0.3, -0.25) is 0 Å². The smallest absolute Gasteiger partial charge is 0.132 e. The van der Waals surface area contributed by atoms with Crippen LogP contribution >= 0.6 is 31.9 Å². The van der Waals surface area contributed by atoms with E-state index < -0.39 is 0 Å². The maximum absolute atomic E-state index is 10.8. The minimum absolute atomic E-state index is 0.145. The molecule has 0 aliphatic carbocycles. The Morgan fingerprint density at radius 1 is 0.583 bits per heavy atom. The number of phenols is 2. The molecule has 0 unspecified atom stereocenters. The molecular weight excluding hydrogens is 432 g/mol. The lowest BCUT2D eigenvalue weighted by Gasteiger charge is -2.15. The first-order valence-corrected chi connectivity index (χ1v) is 8.97. The third-order valence-electron chi connectivity index (χ3n) is 4.20. The molecule has 0 atom stereocenters. The number of hydrogen-bond acceptors (Lipinski definition) is 2. The van der Waals surface area contributed by atoms with Crippen LogP contribution in [0.25, 0.3) is 32.7 Å². The van der Waals surface area contributed by atoms with Gasteiger partial charge in [-0.05, 0) is 54.8 Å². The fraction of sp³-hybridized carbons (Fsp3) is 0. The SMILES string of the molecule is Oc1c(-c2c(Br)cc3ccccc3c2O)c(Br)cc2ccccc12. The van der Waals surface area contributed by atoms with E-state index in [0.717, 1.165) is 30.5 Å². The van der Waals surface area contributed by atoms with E-state index in [-0.39, 0.29) is 11.5 Å². The van der Waals surface area contributed by atoms with Crippen molar-refractivity contribution in [1.82, 2.24) is 0 Å². The van der Waals surface area contributed by atoms with Crippen LogP contribution in [0, 0.1) is 0 Å². The molecule has 0 radical (unpaired) electrons. The van der Waals surface area contributed by atoms with Crippen LogP contribution in [0.1, 0.15) is 0 Å². The van der Waals surface area contributed by atoms with Gasteiger partial charge in [0.05, 0.1) is 0 Å². The molecule has 4 aromatic carbocycles. The summed E-state index contributed by atoms with van der Waals surface area (Å²) in [5.74, 6) is 0.289. The average molecular weight is 444 g/mol. The minimum atomic E-state index is 0.145. The number of aromatic hydroxyl groups is 2. The summed E-state index contributed by atoms with van der Waals surface area (Å²) in [7, 11) is 0. The van der Waals surface area contributed by atoms with Crippen LogP contribution in [0.15, 0.2) is 69.6 Å². The van der Waals surface area contributed by atoms with E-state index in [0.29, 0.717) is 11.1 Å². The standard InChI is InChI=1S/C20H12Br2O2/c21-15-9-11-5-1-3-7-13(11)19(23)17(15)18-16(22)10-12-6-2-4-8-14(12)20(18)24/h1-10,23-24H. The van der Waals surface area contributed by atoms with E-state index in [2.05, 4.69) is 31.9 Å². The molecule has 4 rings (SSSR count). The Labute approximate surface area is 155 Å². The van der Waals surface area contributed by atoms with Gasteiger partial charge in [0.1, 0.15) is 11.5 Å². The molecule has 0 amide bonds. The summed E-state index contributed by atoms with van der Waals surface area (Å²) in [6, 6.07) is 19.1. The summed E-state index contributed by atoms with van der Waals surface area (Å²) in [6.45, 7) is 0. The molecule has 0 aromatic heterocycles. The third kappa shape index (κ3) is 2.29. The Balaban J connectivity index is 2.14. The van der Waals surface area contributed by atoms with Crippen LogP contribution in [0.2, 0.25) is 0 Å². The molecule has 24 heavy (non-hydrogen) atoms. The second kappa shape index (κ2) is 5.80. The van der Waals surface area contributed by atoms with Crippen LogP contribution in [0.3, 0.4) is 0 Å². The predicted molar refractivity (Wildman–Crippen MR) is 106 cm³/mol. The molecule has 0 bridgehead atoms. The van der Waals surface area contributed by atoms with Crippen molar-refractivity contribution in [1.29, 1.82) is 0 Å². The molecule has 4 aromatic rings. The van der Waals surface area contributed by atoms with E-state index in [4.69, 9.17) is 0 Å². The Kier molecular flexibility index (Phi) is 3.74. The van der Waals surface area contributed by atoms with Crippen molar-refractivity contribution in [2.75, 3.05) is 0 Å². The first-order valence-electron chi connectivity index (χ1n) is 7.38. The monoisotopic (exact) mass is 442 g/mol. The normalized spacial score (nSPS) is 11.2. The van der Waals surface area contributed by atoms with Gasteiger partial charge >= 0.3 is 0 Å². The van der Waals surface area contributed by atoms with Crippen LogP contribution < -0.4 is 0 Å². The zero-order chi connectivity index (χ0) is 16.8. The van der Waals surface area contributed by atoms with Crippen molar-refractivity contribution in [3.8, 4) is 22.6 Å². The summed E-state index contributed by atoms with van der Waals surface area (Å²) in [5, 5.41) is 25.0. The van der Waals surface area contributed by atoms with E-state index in [9.17, 15) is 10.2 Å². The first kappa shape index (κ1) is 15.5. The quantitative estimate of drug-likeness (QED) is 0.348. The molecule has 2 N–H and O–H groups in total. The largest absolute Gasteiger partial charge is 0.507 e. The molecule has 0 spiro atoms. The molecule has 4 heteroatoms. The maximum atomic E-state index is 10.8. The number of halogens is 2. The van der Waals surface area contributed by atoms with Gasteiger partial charge in [0.15, 0.2) is 0 Å². The van der Waals surface area contributed by atoms with Crippen molar-refractivity contribution in [2.24, 2.45) is 0 Å². The third-order valence-corrected chi connectivity index (χ3v) is 5.45. The van der Waals surface area contributed by atoms with Gasteiger partial charge in [-0.15, -0.1) is 0 Å². The van der Waals surface area contributed by atoms with Crippen LogP contribution in [-0.2, 0) is 0 Å². The van der Waals surface area contributed by atoms with E-state index in [1.807, 2.05) is 60.7 Å². The van der Waals surface area contributed by atoms with E-state index >= 15 is 0 Å². The number of rotatable bonds is 1. The van der Waals surface area contributed by atoms with Gasteiger partial charge in [0.2, 0.25) is 0 Å². The van der Waals surface area contributed by atoms with Crippen molar-refractivity contribution in [3.63, 3.8) is 0 Å². The molecule has 118 valence electrons. The lowest BCUT2D eigenvalue weighted by atomic mass is 9.96. The molecule has 0 fully saturated rings. The molecule has 0 saturated heterocycles. The van der Waals surface area contributed by atoms with Crippen molar-refractivity contribution < 1.29 is 10.2 Å². The summed E-state index contributed by atoms with van der Waals surface area (Å²) in [5.41, 5.74) is 1.15. The summed E-state index contributed by atoms with van der Waals surface area (Å²) in [4.78, 5) is 0. The molecular formula is C20H12Br2O2. The molecule has 0 aliphatic rings. The minimum Gasteiger partial charge on any atom is -0.507 e. The van der Waals surface area contributed by atoms with E-state index in [1.54, 1.807) is 0 Å². The lowest BCUT2D eigenvalue weighted by molar-refractivity contribution is 0.475. The van der Waals surface area contributed by atoms with Crippen LogP contribution in [0.4, 0.5) is 0 Å². The lowest BCUT2D eigenvalue weighted by Crippen LogP contribution is -1.88. The predicted octanol–water partition coefficient (Wildman–Crippen LogP) is 6.60. The highest BCUT2D eigenvalue weighted by molar-refractivity contribution is 9.11. The topological polar surface area (TPSA) is 40.5 Å². The highest BCUT2D eigenvalue weighted by atomic mass is 79.9. The van der Waals surface area contributed by atoms with Crippen molar-refractivity contribution in [3.05, 3.63) is 69.6 Å². The number of phenolic OH excluding ortho intramolecular Hbond substituents is 2. The zero-order valence-corrected chi connectivity index (χ0v) is 15.6. The highest BCUT2D eigenvalue weighted by Crippen LogP contribution is 2.49. The fourth-order valence-electron chi connectivity index (χ4n) is 3.07. The Morgan fingerprint density at radius 3 is 1.38 bits per heavy atom. The molecule has 0 saturated carbocycles. The van der Waals surface area contributed by atoms with Gasteiger partial charge in [0.25, 0.3) is 0 Å². The Hall–Kier alpha value is -2.04. The van der Waals surface area contributed by atoms with Gasteiger partial charge in [-0.1, -0.05) is 48.5 Å². The van der Waals surface area contributed by atoms with Gasteiger partial charge < -0.3 is 10.2 Å². The summed E-state index contributed by atoms with van der Waals surface area (Å²) >= 11 is 7.09. The van der Waals surface area contributed by atoms with Crippen molar-refractivity contribution in [2.45, 2.75) is 0 Å². The summed E-state index contributed by atoms with van der Waals surface area (Å²) < 4.78 is 1.45. The average Bonchev–Trinajstić information content (AvgIpc) is 2.57. The Bertz CT molecular complexity index is 1010. The van der Waals surface area contributed by atoms with Gasteiger partial charge in [-0.25, -0.2) is 0 Å². The fourth-order valence-corrected chi connectivity index (χ4v) is 4.33. The van der Waals surface area contributed by atoms with E-state index in [1.165, 1.54) is 0 Å². The number of hydrogen-bond donors (Lipinski definition) is 2. The number of fused-ring (bicyclic) bond motifs is 2. The van der Waals surface area contributed by atoms with Crippen LogP contribution in [-0.4, -0.2) is 10.2 Å². The van der Waals surface area contributed by atoms with Crippen LogP contribution in [0.5, 0.6) is 11.5 Å². The highest BCUT2D eigenvalue weighted by Gasteiger charge is 2.20. The summed E-state index contributed by atoms with van der Waals surface area (Å²) in [6.07, 6.45) is 0. The molecule has 2 nitrogen and oxygen atoms in total. The van der Waals surface area contributed by atoms with Gasteiger partial charge in [-0.2, -0.15) is 0 Å². The Morgan fingerprint density at radius 2 is 0.958 bits per heavy atom. The first-order chi connectivity index (χ1) is 11.6. The zero-order valence-electron chi connectivity index (χ0n) is 12.4. The maximum Gasteiger partial charge on any atom is 0.132 e. The van der Waals surface area contributed by atoms with Crippen molar-refractivity contribution >= 4 is 53.4 Å².